The van der Waals surface area contributed by atoms with Gasteiger partial charge in [-0.3, -0.25) is 14.2 Å². The summed E-state index contributed by atoms with van der Waals surface area (Å²) in [6, 6.07) is 0. The summed E-state index contributed by atoms with van der Waals surface area (Å²) in [7, 11) is 1.18. The topological polar surface area (TPSA) is 111 Å². The molecule has 0 aromatic heterocycles. The quantitative estimate of drug-likeness (QED) is 0.0195. The van der Waals surface area contributed by atoms with E-state index < -0.39 is 26.5 Å². The molecule has 0 saturated carbocycles. The van der Waals surface area contributed by atoms with Crippen LogP contribution in [0.25, 0.3) is 0 Å². The standard InChI is InChI=1S/C58H112NO8P/c1-6-8-10-12-14-15-16-17-18-19-20-21-22-23-24-25-26-27-28-29-30-31-32-33-34-35-36-37-38-39-40-41-42-43-45-47-49-51-58(61)67-56(55-66-68(62,63)65-53-52-59(3,4)5)54-64-57(60)50-48-46-44-13-11-9-7-2/h16-17,19-20,56H,6-15,18,21-55H2,1-5H3/b17-16-,20-19-. The van der Waals surface area contributed by atoms with Gasteiger partial charge in [0.1, 0.15) is 19.8 Å². The number of hydrogen-bond donors (Lipinski definition) is 0. The van der Waals surface area contributed by atoms with Gasteiger partial charge in [0.05, 0.1) is 27.7 Å². The van der Waals surface area contributed by atoms with Crippen molar-refractivity contribution in [2.24, 2.45) is 0 Å². The summed E-state index contributed by atoms with van der Waals surface area (Å²) in [6.45, 7) is 4.20. The van der Waals surface area contributed by atoms with Gasteiger partial charge >= 0.3 is 11.9 Å². The molecule has 0 rings (SSSR count). The Labute approximate surface area is 421 Å². The fraction of sp³-hybridized carbons (Fsp3) is 0.897. The van der Waals surface area contributed by atoms with E-state index in [0.29, 0.717) is 17.4 Å². The molecule has 2 atom stereocenters. The molecule has 0 fully saturated rings. The van der Waals surface area contributed by atoms with Crippen LogP contribution >= 0.6 is 7.82 Å². The smallest absolute Gasteiger partial charge is 0.306 e. The molecular weight excluding hydrogens is 870 g/mol. The Morgan fingerprint density at radius 3 is 1.16 bits per heavy atom. The number of nitrogens with zero attached hydrogens (tertiary/aromatic N) is 1. The van der Waals surface area contributed by atoms with Crippen molar-refractivity contribution < 1.29 is 42.1 Å². The highest BCUT2D eigenvalue weighted by Gasteiger charge is 2.22. The van der Waals surface area contributed by atoms with Gasteiger partial charge in [-0.25, -0.2) is 0 Å². The summed E-state index contributed by atoms with van der Waals surface area (Å²) in [5.41, 5.74) is 0. The molecule has 0 bridgehead atoms. The molecule has 0 radical (unpaired) electrons. The fourth-order valence-corrected chi connectivity index (χ4v) is 9.18. The number of carbonyl (C=O) groups is 2. The zero-order chi connectivity index (χ0) is 49.9. The number of carbonyl (C=O) groups excluding carboxylic acids is 2. The lowest BCUT2D eigenvalue weighted by Gasteiger charge is -2.28. The maximum absolute atomic E-state index is 12.7. The number of allylic oxidation sites excluding steroid dienone is 4. The molecule has 0 aromatic carbocycles. The van der Waals surface area contributed by atoms with E-state index in [1.807, 2.05) is 21.1 Å². The van der Waals surface area contributed by atoms with Crippen LogP contribution in [0, 0.1) is 0 Å². The zero-order valence-corrected chi connectivity index (χ0v) is 46.5. The average Bonchev–Trinajstić information content (AvgIpc) is 3.30. The van der Waals surface area contributed by atoms with Gasteiger partial charge in [-0.1, -0.05) is 250 Å². The van der Waals surface area contributed by atoms with E-state index in [-0.39, 0.29) is 32.0 Å². The molecule has 10 heteroatoms. The average molecular weight is 983 g/mol. The highest BCUT2D eigenvalue weighted by atomic mass is 31.2. The minimum absolute atomic E-state index is 0.0273. The number of phosphoric ester groups is 1. The molecule has 0 aliphatic carbocycles. The normalized spacial score (nSPS) is 13.4. The number of rotatable bonds is 54. The van der Waals surface area contributed by atoms with Crippen LogP contribution in [0.1, 0.15) is 284 Å². The van der Waals surface area contributed by atoms with Crippen LogP contribution in [0.5, 0.6) is 0 Å². The maximum Gasteiger partial charge on any atom is 0.306 e. The van der Waals surface area contributed by atoms with Crippen LogP contribution in [0.2, 0.25) is 0 Å². The molecule has 0 aliphatic heterocycles. The number of hydrogen-bond acceptors (Lipinski definition) is 8. The third-order valence-corrected chi connectivity index (χ3v) is 13.9. The Morgan fingerprint density at radius 2 is 0.794 bits per heavy atom. The molecule has 0 aliphatic rings. The monoisotopic (exact) mass is 982 g/mol. The minimum Gasteiger partial charge on any atom is -0.756 e. The van der Waals surface area contributed by atoms with E-state index in [2.05, 4.69) is 38.2 Å². The Kier molecular flexibility index (Phi) is 49.3. The molecule has 0 saturated heterocycles. The van der Waals surface area contributed by atoms with Crippen LogP contribution < -0.4 is 4.89 Å². The summed E-state index contributed by atoms with van der Waals surface area (Å²) in [5.74, 6) is -0.827. The van der Waals surface area contributed by atoms with Crippen molar-refractivity contribution in [1.29, 1.82) is 0 Å². The van der Waals surface area contributed by atoms with Gasteiger partial charge in [0.25, 0.3) is 7.82 Å². The van der Waals surface area contributed by atoms with Crippen LogP contribution in [-0.4, -0.2) is 70.0 Å². The summed E-state index contributed by atoms with van der Waals surface area (Å²) in [6.07, 6.45) is 60.0. The number of likely N-dealkylation sites (N-methyl/N-ethyl adjacent to an activating group) is 1. The first-order chi connectivity index (χ1) is 33.0. The van der Waals surface area contributed by atoms with E-state index in [0.717, 1.165) is 38.5 Å². The lowest BCUT2D eigenvalue weighted by Crippen LogP contribution is -2.37. The first-order valence-electron chi connectivity index (χ1n) is 29.0. The minimum atomic E-state index is -4.62. The van der Waals surface area contributed by atoms with Gasteiger partial charge in [0.2, 0.25) is 0 Å². The molecule has 0 aromatic rings. The molecule has 9 nitrogen and oxygen atoms in total. The zero-order valence-electron chi connectivity index (χ0n) is 45.6. The van der Waals surface area contributed by atoms with Crippen LogP contribution in [0.3, 0.4) is 0 Å². The highest BCUT2D eigenvalue weighted by Crippen LogP contribution is 2.38. The maximum atomic E-state index is 12.7. The van der Waals surface area contributed by atoms with Crippen molar-refractivity contribution in [1.82, 2.24) is 0 Å². The highest BCUT2D eigenvalue weighted by molar-refractivity contribution is 7.45. The van der Waals surface area contributed by atoms with Crippen molar-refractivity contribution in [3.63, 3.8) is 0 Å². The molecule has 0 N–H and O–H groups in total. The van der Waals surface area contributed by atoms with Crippen molar-refractivity contribution in [2.45, 2.75) is 290 Å². The van der Waals surface area contributed by atoms with Crippen molar-refractivity contribution in [2.75, 3.05) is 47.5 Å². The number of ether oxygens (including phenoxy) is 2. The Morgan fingerprint density at radius 1 is 0.456 bits per heavy atom. The van der Waals surface area contributed by atoms with E-state index in [1.165, 1.54) is 212 Å². The number of unbranched alkanes of at least 4 members (excludes halogenated alkanes) is 36. The first kappa shape index (κ1) is 66.5. The molecule has 0 amide bonds. The molecule has 0 spiro atoms. The largest absolute Gasteiger partial charge is 0.756 e. The molecule has 402 valence electrons. The van der Waals surface area contributed by atoms with E-state index in [1.54, 1.807) is 0 Å². The van der Waals surface area contributed by atoms with Crippen LogP contribution in [0.15, 0.2) is 24.3 Å². The SMILES string of the molecule is CCCCCCC/C=C\C/C=C\CCCCCCCCCCCCCCCCCCCCCCCCCCCC(=O)OC(COC(=O)CCCCCCCCC)COP(=O)([O-])OCC[N+](C)(C)C. The molecule has 2 unspecified atom stereocenters. The third-order valence-electron chi connectivity index (χ3n) is 13.0. The summed E-state index contributed by atoms with van der Waals surface area (Å²) >= 11 is 0. The Bertz CT molecular complexity index is 1200. The number of quaternary nitrogens is 1. The van der Waals surface area contributed by atoms with Gasteiger partial charge in [-0.05, 0) is 44.9 Å². The second-order valence-electron chi connectivity index (χ2n) is 21.0. The summed E-state index contributed by atoms with van der Waals surface area (Å²) in [4.78, 5) is 37.5. The third kappa shape index (κ3) is 53.8. The molecular formula is C58H112NO8P. The Balaban J connectivity index is 3.78. The molecule has 0 heterocycles. The van der Waals surface area contributed by atoms with Crippen LogP contribution in [0.4, 0.5) is 0 Å². The van der Waals surface area contributed by atoms with Crippen molar-refractivity contribution in [3.8, 4) is 0 Å². The van der Waals surface area contributed by atoms with Crippen molar-refractivity contribution >= 4 is 19.8 Å². The fourth-order valence-electron chi connectivity index (χ4n) is 8.45. The lowest BCUT2D eigenvalue weighted by atomic mass is 10.0. The van der Waals surface area contributed by atoms with Gasteiger partial charge in [0, 0.05) is 12.8 Å². The van der Waals surface area contributed by atoms with Gasteiger partial charge in [-0.2, -0.15) is 0 Å². The number of phosphoric acid groups is 1. The van der Waals surface area contributed by atoms with E-state index in [4.69, 9.17) is 18.5 Å². The predicted molar refractivity (Wildman–Crippen MR) is 287 cm³/mol. The van der Waals surface area contributed by atoms with E-state index in [9.17, 15) is 19.0 Å². The van der Waals surface area contributed by atoms with Gasteiger partial charge in [-0.15, -0.1) is 0 Å². The number of esters is 2. The molecule has 68 heavy (non-hydrogen) atoms. The van der Waals surface area contributed by atoms with Gasteiger partial charge in [0.15, 0.2) is 6.10 Å². The van der Waals surface area contributed by atoms with Crippen molar-refractivity contribution in [3.05, 3.63) is 24.3 Å². The lowest BCUT2D eigenvalue weighted by molar-refractivity contribution is -0.870. The Hall–Kier alpha value is -1.51. The predicted octanol–water partition coefficient (Wildman–Crippen LogP) is 17.2. The summed E-state index contributed by atoms with van der Waals surface area (Å²) in [5, 5.41) is 0. The van der Waals surface area contributed by atoms with E-state index >= 15 is 0 Å². The van der Waals surface area contributed by atoms with Crippen LogP contribution in [-0.2, 0) is 32.7 Å². The van der Waals surface area contributed by atoms with Gasteiger partial charge < -0.3 is 27.9 Å². The second-order valence-corrected chi connectivity index (χ2v) is 22.4. The second kappa shape index (κ2) is 50.4. The first-order valence-corrected chi connectivity index (χ1v) is 30.5. The summed E-state index contributed by atoms with van der Waals surface area (Å²) < 4.78 is 33.9.